The van der Waals surface area contributed by atoms with Crippen LogP contribution < -0.4 is 5.73 Å². The Morgan fingerprint density at radius 1 is 1.19 bits per heavy atom. The summed E-state index contributed by atoms with van der Waals surface area (Å²) in [5, 5.41) is 0. The lowest BCUT2D eigenvalue weighted by Crippen LogP contribution is -2.06. The summed E-state index contributed by atoms with van der Waals surface area (Å²) >= 11 is 0. The minimum absolute atomic E-state index is 0.0748. The van der Waals surface area contributed by atoms with E-state index in [0.29, 0.717) is 0 Å². The van der Waals surface area contributed by atoms with E-state index in [4.69, 9.17) is 10.2 Å². The maximum atomic E-state index is 12.7. The molecule has 1 unspecified atom stereocenters. The number of halogens is 1. The van der Waals surface area contributed by atoms with E-state index in [0.717, 1.165) is 23.5 Å². The molecule has 84 valence electrons. The van der Waals surface area contributed by atoms with Crippen LogP contribution in [-0.2, 0) is 0 Å². The summed E-state index contributed by atoms with van der Waals surface area (Å²) in [4.78, 5) is 0. The number of hydrogen-bond acceptors (Lipinski definition) is 2. The van der Waals surface area contributed by atoms with Gasteiger partial charge in [-0.05, 0) is 42.8 Å². The number of rotatable bonds is 3. The Morgan fingerprint density at radius 2 is 1.88 bits per heavy atom. The van der Waals surface area contributed by atoms with Crippen molar-refractivity contribution < 1.29 is 8.81 Å². The fourth-order valence-corrected chi connectivity index (χ4v) is 1.52. The van der Waals surface area contributed by atoms with Crippen molar-refractivity contribution in [1.29, 1.82) is 0 Å². The zero-order valence-electron chi connectivity index (χ0n) is 9.11. The maximum Gasteiger partial charge on any atom is 0.134 e. The van der Waals surface area contributed by atoms with E-state index >= 15 is 0 Å². The Morgan fingerprint density at radius 3 is 2.50 bits per heavy atom. The van der Waals surface area contributed by atoms with Crippen LogP contribution in [0.15, 0.2) is 40.8 Å². The second-order valence-corrected chi connectivity index (χ2v) is 3.72. The highest BCUT2D eigenvalue weighted by Crippen LogP contribution is 2.25. The highest BCUT2D eigenvalue weighted by atomic mass is 19.1. The largest absolute Gasteiger partial charge is 0.459 e. The molecule has 1 heterocycles. The maximum absolute atomic E-state index is 12.7. The third-order valence-electron chi connectivity index (χ3n) is 2.56. The molecule has 0 amide bonds. The zero-order valence-corrected chi connectivity index (χ0v) is 9.11. The first-order valence-electron chi connectivity index (χ1n) is 5.32. The molecule has 2 nitrogen and oxygen atoms in total. The monoisotopic (exact) mass is 219 g/mol. The molecule has 1 aromatic heterocycles. The highest BCUT2D eigenvalue weighted by molar-refractivity contribution is 5.57. The fraction of sp³-hybridized carbons (Fsp3) is 0.231. The first-order chi connectivity index (χ1) is 7.70. The number of furan rings is 1. The molecule has 0 spiro atoms. The van der Waals surface area contributed by atoms with Crippen LogP contribution in [0.4, 0.5) is 4.39 Å². The van der Waals surface area contributed by atoms with Gasteiger partial charge < -0.3 is 10.2 Å². The van der Waals surface area contributed by atoms with Crippen molar-refractivity contribution in [3.63, 3.8) is 0 Å². The van der Waals surface area contributed by atoms with Crippen molar-refractivity contribution in [2.24, 2.45) is 5.73 Å². The lowest BCUT2D eigenvalue weighted by molar-refractivity contribution is 0.470. The molecule has 0 saturated heterocycles. The fourth-order valence-electron chi connectivity index (χ4n) is 1.52. The quantitative estimate of drug-likeness (QED) is 0.858. The summed E-state index contributed by atoms with van der Waals surface area (Å²) in [7, 11) is 0. The lowest BCUT2D eigenvalue weighted by atomic mass is 10.2. The molecule has 1 atom stereocenters. The van der Waals surface area contributed by atoms with Crippen molar-refractivity contribution >= 4 is 0 Å². The van der Waals surface area contributed by atoms with Gasteiger partial charge >= 0.3 is 0 Å². The molecule has 2 N–H and O–H groups in total. The van der Waals surface area contributed by atoms with E-state index in [1.54, 1.807) is 12.1 Å². The Kier molecular flexibility index (Phi) is 3.06. The van der Waals surface area contributed by atoms with Gasteiger partial charge in [0.2, 0.25) is 0 Å². The van der Waals surface area contributed by atoms with E-state index in [-0.39, 0.29) is 11.9 Å². The van der Waals surface area contributed by atoms with Crippen LogP contribution in [0.3, 0.4) is 0 Å². The molecule has 0 fully saturated rings. The van der Waals surface area contributed by atoms with Gasteiger partial charge in [0.05, 0.1) is 6.04 Å². The summed E-state index contributed by atoms with van der Waals surface area (Å²) in [6.07, 6.45) is 0.830. The smallest absolute Gasteiger partial charge is 0.134 e. The third kappa shape index (κ3) is 2.14. The Hall–Kier alpha value is -1.61. The summed E-state index contributed by atoms with van der Waals surface area (Å²) in [5.41, 5.74) is 6.71. The van der Waals surface area contributed by atoms with Gasteiger partial charge in [0.1, 0.15) is 17.3 Å². The number of hydrogen-bond donors (Lipinski definition) is 1. The predicted octanol–water partition coefficient (Wildman–Crippen LogP) is 3.50. The van der Waals surface area contributed by atoms with Crippen LogP contribution in [-0.4, -0.2) is 0 Å². The second kappa shape index (κ2) is 4.49. The predicted molar refractivity (Wildman–Crippen MR) is 61.3 cm³/mol. The summed E-state index contributed by atoms with van der Waals surface area (Å²) in [6.45, 7) is 2.00. The molecular formula is C13H14FNO. The average molecular weight is 219 g/mol. The molecule has 0 saturated carbocycles. The molecular weight excluding hydrogens is 205 g/mol. The van der Waals surface area contributed by atoms with Gasteiger partial charge in [-0.2, -0.15) is 0 Å². The lowest BCUT2D eigenvalue weighted by Gasteiger charge is -2.03. The van der Waals surface area contributed by atoms with E-state index in [1.807, 2.05) is 19.1 Å². The summed E-state index contributed by atoms with van der Waals surface area (Å²) in [5.74, 6) is 1.24. The van der Waals surface area contributed by atoms with Gasteiger partial charge in [-0.1, -0.05) is 6.92 Å². The average Bonchev–Trinajstić information content (AvgIpc) is 2.78. The van der Waals surface area contributed by atoms with E-state index < -0.39 is 0 Å². The van der Waals surface area contributed by atoms with Crippen LogP contribution in [0.25, 0.3) is 11.3 Å². The highest BCUT2D eigenvalue weighted by Gasteiger charge is 2.09. The van der Waals surface area contributed by atoms with Gasteiger partial charge in [0.15, 0.2) is 0 Å². The minimum Gasteiger partial charge on any atom is -0.459 e. The zero-order chi connectivity index (χ0) is 11.5. The summed E-state index contributed by atoms with van der Waals surface area (Å²) < 4.78 is 18.4. The molecule has 2 aromatic rings. The standard InChI is InChI=1S/C13H14FNO/c1-2-11(15)13-8-7-12(16-13)9-3-5-10(14)6-4-9/h3-8,11H,2,15H2,1H3. The molecule has 2 rings (SSSR count). The number of nitrogens with two attached hydrogens (primary N) is 1. The van der Waals surface area contributed by atoms with Gasteiger partial charge in [0.25, 0.3) is 0 Å². The Labute approximate surface area is 93.9 Å². The molecule has 0 aliphatic carbocycles. The third-order valence-corrected chi connectivity index (χ3v) is 2.56. The van der Waals surface area contributed by atoms with Gasteiger partial charge in [0, 0.05) is 5.56 Å². The first-order valence-corrected chi connectivity index (χ1v) is 5.32. The van der Waals surface area contributed by atoms with E-state index in [1.165, 1.54) is 12.1 Å². The van der Waals surface area contributed by atoms with Crippen LogP contribution in [0.5, 0.6) is 0 Å². The van der Waals surface area contributed by atoms with E-state index in [2.05, 4.69) is 0 Å². The normalized spacial score (nSPS) is 12.7. The van der Waals surface area contributed by atoms with Crippen LogP contribution >= 0.6 is 0 Å². The van der Waals surface area contributed by atoms with Crippen LogP contribution in [0.1, 0.15) is 25.1 Å². The topological polar surface area (TPSA) is 39.2 Å². The van der Waals surface area contributed by atoms with E-state index in [9.17, 15) is 4.39 Å². The van der Waals surface area contributed by atoms with Crippen LogP contribution in [0, 0.1) is 5.82 Å². The SMILES string of the molecule is CCC(N)c1ccc(-c2ccc(F)cc2)o1. The van der Waals surface area contributed by atoms with Crippen molar-refractivity contribution in [1.82, 2.24) is 0 Å². The van der Waals surface area contributed by atoms with Crippen molar-refractivity contribution in [2.45, 2.75) is 19.4 Å². The Balaban J connectivity index is 2.28. The molecule has 3 heteroatoms. The van der Waals surface area contributed by atoms with Crippen LogP contribution in [0.2, 0.25) is 0 Å². The van der Waals surface area contributed by atoms with Crippen molar-refractivity contribution in [3.05, 3.63) is 48.0 Å². The Bertz CT molecular complexity index is 461. The molecule has 1 aromatic carbocycles. The molecule has 0 aliphatic rings. The molecule has 16 heavy (non-hydrogen) atoms. The van der Waals surface area contributed by atoms with Gasteiger partial charge in [-0.15, -0.1) is 0 Å². The molecule has 0 bridgehead atoms. The van der Waals surface area contributed by atoms with Crippen molar-refractivity contribution in [3.8, 4) is 11.3 Å². The molecule has 0 radical (unpaired) electrons. The van der Waals surface area contributed by atoms with Crippen molar-refractivity contribution in [2.75, 3.05) is 0 Å². The van der Waals surface area contributed by atoms with Gasteiger partial charge in [-0.3, -0.25) is 0 Å². The number of benzene rings is 1. The second-order valence-electron chi connectivity index (χ2n) is 3.72. The molecule has 0 aliphatic heterocycles. The first kappa shape index (κ1) is 10.9. The summed E-state index contributed by atoms with van der Waals surface area (Å²) in [6, 6.07) is 9.86. The minimum atomic E-state index is -0.249. The van der Waals surface area contributed by atoms with Gasteiger partial charge in [-0.25, -0.2) is 4.39 Å².